The van der Waals surface area contributed by atoms with Gasteiger partial charge in [-0.3, -0.25) is 14.5 Å². The standard InChI is InChI=1S/C34H39Cl2N3O5.ClH/c1-5-38-15-13-33(32(37)41,23-9-7-6-8-10-23)20-29(38)34(24-11-12-25(35)26(36)19-24)14-16-39(21-34)31(40)22-17-27(42-2)30(44-4)28(18-22)43-3;/h6-12,17-19,29H,5,13-16,20-21H2,1-4H3,(H2,37,41);1H. The Morgan fingerprint density at radius 2 is 1.56 bits per heavy atom. The van der Waals surface area contributed by atoms with Gasteiger partial charge in [0.15, 0.2) is 11.5 Å². The number of methoxy groups -OCH3 is 3. The van der Waals surface area contributed by atoms with Crippen LogP contribution in [0.25, 0.3) is 0 Å². The van der Waals surface area contributed by atoms with Gasteiger partial charge in [0.2, 0.25) is 11.7 Å². The molecule has 2 saturated heterocycles. The van der Waals surface area contributed by atoms with Crippen LogP contribution in [0.4, 0.5) is 0 Å². The third-order valence-corrected chi connectivity index (χ3v) is 10.4. The van der Waals surface area contributed by atoms with Crippen molar-refractivity contribution >= 4 is 47.4 Å². The van der Waals surface area contributed by atoms with Gasteiger partial charge in [-0.15, -0.1) is 12.4 Å². The van der Waals surface area contributed by atoms with Gasteiger partial charge in [0.05, 0.1) is 36.8 Å². The Hall–Kier alpha value is -3.17. The summed E-state index contributed by atoms with van der Waals surface area (Å²) in [4.78, 5) is 31.8. The maximum absolute atomic E-state index is 14.2. The van der Waals surface area contributed by atoms with Crippen molar-refractivity contribution in [1.82, 2.24) is 9.80 Å². The summed E-state index contributed by atoms with van der Waals surface area (Å²) in [6.45, 7) is 4.49. The second-order valence-electron chi connectivity index (χ2n) is 11.6. The largest absolute Gasteiger partial charge is 0.493 e. The fourth-order valence-corrected chi connectivity index (χ4v) is 7.56. The van der Waals surface area contributed by atoms with E-state index in [-0.39, 0.29) is 30.3 Å². The predicted octanol–water partition coefficient (Wildman–Crippen LogP) is 6.13. The zero-order chi connectivity index (χ0) is 31.6. The van der Waals surface area contributed by atoms with E-state index in [9.17, 15) is 9.59 Å². The molecular weight excluding hydrogens is 637 g/mol. The second-order valence-corrected chi connectivity index (χ2v) is 12.4. The van der Waals surface area contributed by atoms with Crippen LogP contribution in [0.15, 0.2) is 60.7 Å². The molecule has 2 aliphatic heterocycles. The van der Waals surface area contributed by atoms with Gasteiger partial charge in [0.25, 0.3) is 5.91 Å². The zero-order valence-electron chi connectivity index (χ0n) is 26.0. The maximum Gasteiger partial charge on any atom is 0.254 e. The van der Waals surface area contributed by atoms with Crippen molar-refractivity contribution in [3.63, 3.8) is 0 Å². The number of likely N-dealkylation sites (tertiary alicyclic amines) is 2. The number of piperidine rings is 1. The summed E-state index contributed by atoms with van der Waals surface area (Å²) in [7, 11) is 4.58. The molecule has 0 bridgehead atoms. The molecule has 2 amide bonds. The van der Waals surface area contributed by atoms with Gasteiger partial charge in [0.1, 0.15) is 0 Å². The van der Waals surface area contributed by atoms with Crippen molar-refractivity contribution < 1.29 is 23.8 Å². The molecule has 0 spiro atoms. The van der Waals surface area contributed by atoms with Crippen molar-refractivity contribution in [2.75, 3.05) is 47.5 Å². The number of carbonyl (C=O) groups excluding carboxylic acids is 2. The van der Waals surface area contributed by atoms with E-state index in [1.165, 1.54) is 21.3 Å². The molecule has 5 rings (SSSR count). The van der Waals surface area contributed by atoms with Gasteiger partial charge in [0, 0.05) is 30.1 Å². The molecular formula is C34H40Cl3N3O5. The highest BCUT2D eigenvalue weighted by atomic mass is 35.5. The molecule has 2 N–H and O–H groups in total. The van der Waals surface area contributed by atoms with Gasteiger partial charge in [-0.25, -0.2) is 0 Å². The Kier molecular flexibility index (Phi) is 10.9. The Balaban J connectivity index is 0.00000461. The summed E-state index contributed by atoms with van der Waals surface area (Å²) in [5.74, 6) is 0.737. The smallest absolute Gasteiger partial charge is 0.254 e. The summed E-state index contributed by atoms with van der Waals surface area (Å²) in [6.07, 6.45) is 1.78. The number of hydrogen-bond acceptors (Lipinski definition) is 6. The van der Waals surface area contributed by atoms with E-state index in [4.69, 9.17) is 43.1 Å². The molecule has 3 atom stereocenters. The lowest BCUT2D eigenvalue weighted by atomic mass is 9.61. The summed E-state index contributed by atoms with van der Waals surface area (Å²) in [6, 6.07) is 18.8. The number of hydrogen-bond donors (Lipinski definition) is 1. The van der Waals surface area contributed by atoms with Crippen LogP contribution >= 0.6 is 35.6 Å². The van der Waals surface area contributed by atoms with Gasteiger partial charge < -0.3 is 24.8 Å². The van der Waals surface area contributed by atoms with Gasteiger partial charge in [-0.1, -0.05) is 66.5 Å². The van der Waals surface area contributed by atoms with Crippen LogP contribution in [0.3, 0.4) is 0 Å². The number of nitrogens with two attached hydrogens (primary N) is 1. The first-order valence-corrected chi connectivity index (χ1v) is 15.5. The number of benzene rings is 3. The quantitative estimate of drug-likeness (QED) is 0.293. The number of amides is 2. The molecule has 0 aromatic heterocycles. The molecule has 0 aliphatic carbocycles. The topological polar surface area (TPSA) is 94.3 Å². The van der Waals surface area contributed by atoms with Crippen LogP contribution < -0.4 is 19.9 Å². The first-order valence-electron chi connectivity index (χ1n) is 14.8. The number of ether oxygens (including phenoxy) is 3. The molecule has 242 valence electrons. The van der Waals surface area contributed by atoms with E-state index in [1.54, 1.807) is 12.1 Å². The molecule has 45 heavy (non-hydrogen) atoms. The number of nitrogens with zero attached hydrogens (tertiary/aromatic N) is 2. The van der Waals surface area contributed by atoms with E-state index in [2.05, 4.69) is 11.8 Å². The minimum atomic E-state index is -0.852. The Labute approximate surface area is 281 Å². The van der Waals surface area contributed by atoms with Crippen LogP contribution in [-0.4, -0.2) is 75.2 Å². The van der Waals surface area contributed by atoms with Gasteiger partial charge in [-0.05, 0) is 67.7 Å². The van der Waals surface area contributed by atoms with E-state index < -0.39 is 10.8 Å². The van der Waals surface area contributed by atoms with Gasteiger partial charge in [-0.2, -0.15) is 0 Å². The third kappa shape index (κ3) is 6.18. The van der Waals surface area contributed by atoms with Crippen LogP contribution in [-0.2, 0) is 15.6 Å². The lowest BCUT2D eigenvalue weighted by molar-refractivity contribution is -0.127. The lowest BCUT2D eigenvalue weighted by Gasteiger charge is -2.52. The van der Waals surface area contributed by atoms with Crippen LogP contribution in [0.1, 0.15) is 47.7 Å². The van der Waals surface area contributed by atoms with Crippen molar-refractivity contribution in [2.24, 2.45) is 5.73 Å². The summed E-state index contributed by atoms with van der Waals surface area (Å²) < 4.78 is 16.5. The average Bonchev–Trinajstić information content (AvgIpc) is 3.51. The molecule has 2 fully saturated rings. The molecule has 0 saturated carbocycles. The molecule has 11 heteroatoms. The minimum Gasteiger partial charge on any atom is -0.493 e. The van der Waals surface area contributed by atoms with Crippen molar-refractivity contribution in [3.8, 4) is 17.2 Å². The highest BCUT2D eigenvalue weighted by molar-refractivity contribution is 6.42. The van der Waals surface area contributed by atoms with E-state index >= 15 is 0 Å². The summed E-state index contributed by atoms with van der Waals surface area (Å²) in [5, 5.41) is 0.904. The molecule has 2 aliphatic rings. The fraction of sp³-hybridized carbons (Fsp3) is 0.412. The molecule has 0 radical (unpaired) electrons. The SMILES string of the molecule is CCN1CCC(C(N)=O)(c2ccccc2)CC1C1(c2ccc(Cl)c(Cl)c2)CCN(C(=O)c2cc(OC)c(OC)c(OC)c2)C1.Cl. The second kappa shape index (κ2) is 14.1. The number of primary amides is 1. The zero-order valence-corrected chi connectivity index (χ0v) is 28.3. The fourth-order valence-electron chi connectivity index (χ4n) is 7.26. The van der Waals surface area contributed by atoms with Crippen molar-refractivity contribution in [3.05, 3.63) is 87.4 Å². The highest BCUT2D eigenvalue weighted by Crippen LogP contribution is 2.50. The van der Waals surface area contributed by atoms with Gasteiger partial charge >= 0.3 is 0 Å². The van der Waals surface area contributed by atoms with Crippen LogP contribution in [0.2, 0.25) is 10.0 Å². The predicted molar refractivity (Wildman–Crippen MR) is 180 cm³/mol. The Morgan fingerprint density at radius 1 is 0.889 bits per heavy atom. The number of rotatable bonds is 9. The summed E-state index contributed by atoms with van der Waals surface area (Å²) >= 11 is 13.0. The number of carbonyl (C=O) groups is 2. The molecule has 2 heterocycles. The lowest BCUT2D eigenvalue weighted by Crippen LogP contribution is -2.61. The molecule has 8 nitrogen and oxygen atoms in total. The molecule has 3 unspecified atom stereocenters. The van der Waals surface area contributed by atoms with E-state index in [0.717, 1.165) is 17.7 Å². The first kappa shape index (κ1) is 34.7. The maximum atomic E-state index is 14.2. The van der Waals surface area contributed by atoms with E-state index in [1.807, 2.05) is 53.4 Å². The molecule has 3 aromatic carbocycles. The highest BCUT2D eigenvalue weighted by Gasteiger charge is 2.55. The average molecular weight is 677 g/mol. The van der Waals surface area contributed by atoms with E-state index in [0.29, 0.717) is 71.8 Å². The third-order valence-electron chi connectivity index (χ3n) is 9.64. The summed E-state index contributed by atoms with van der Waals surface area (Å²) in [5.41, 5.74) is 7.15. The normalized spacial score (nSPS) is 23.2. The number of halogens is 3. The number of likely N-dealkylation sites (N-methyl/N-ethyl adjacent to an activating group) is 1. The van der Waals surface area contributed by atoms with Crippen molar-refractivity contribution in [1.29, 1.82) is 0 Å². The minimum absolute atomic E-state index is 0. The monoisotopic (exact) mass is 675 g/mol. The van der Waals surface area contributed by atoms with Crippen LogP contribution in [0.5, 0.6) is 17.2 Å². The first-order chi connectivity index (χ1) is 21.1. The van der Waals surface area contributed by atoms with Crippen molar-refractivity contribution in [2.45, 2.75) is 43.1 Å². The van der Waals surface area contributed by atoms with Crippen LogP contribution in [0, 0.1) is 0 Å². The molecule has 3 aromatic rings. The Morgan fingerprint density at radius 3 is 2.11 bits per heavy atom. The Bertz CT molecular complexity index is 1520.